The Labute approximate surface area is 236 Å². The number of nitrogens with one attached hydrogen (secondary N) is 2. The third kappa shape index (κ3) is 7.75. The Morgan fingerprint density at radius 1 is 0.974 bits per heavy atom. The number of thiazole rings is 1. The highest BCUT2D eigenvalue weighted by molar-refractivity contribution is 7.21. The molecule has 0 aliphatic heterocycles. The fourth-order valence-electron chi connectivity index (χ4n) is 4.61. The van der Waals surface area contributed by atoms with E-state index in [9.17, 15) is 0 Å². The maximum Gasteiger partial charge on any atom is 0.225 e. The second kappa shape index (κ2) is 12.9. The van der Waals surface area contributed by atoms with Gasteiger partial charge in [0, 0.05) is 26.8 Å². The highest BCUT2D eigenvalue weighted by Crippen LogP contribution is 2.37. The molecule has 0 saturated heterocycles. The van der Waals surface area contributed by atoms with Gasteiger partial charge in [-0.3, -0.25) is 0 Å². The lowest BCUT2D eigenvalue weighted by Crippen LogP contribution is -2.24. The summed E-state index contributed by atoms with van der Waals surface area (Å²) in [5.74, 6) is 1.88. The summed E-state index contributed by atoms with van der Waals surface area (Å²) < 4.78 is 10.9. The summed E-state index contributed by atoms with van der Waals surface area (Å²) in [5.41, 5.74) is 5.46. The van der Waals surface area contributed by atoms with Gasteiger partial charge in [-0.15, -0.1) is 11.3 Å². The van der Waals surface area contributed by atoms with Gasteiger partial charge >= 0.3 is 0 Å². The van der Waals surface area contributed by atoms with Crippen molar-refractivity contribution in [3.63, 3.8) is 0 Å². The van der Waals surface area contributed by atoms with Gasteiger partial charge in [-0.05, 0) is 70.6 Å². The van der Waals surface area contributed by atoms with Crippen LogP contribution in [0, 0.1) is 19.8 Å². The number of para-hydroxylation sites is 1. The first-order valence-electron chi connectivity index (χ1n) is 13.6. The molecule has 1 aliphatic rings. The molecule has 2 aromatic heterocycles. The zero-order valence-corrected chi connectivity index (χ0v) is 25.0. The Hall–Kier alpha value is -3.07. The van der Waals surface area contributed by atoms with Gasteiger partial charge in [0.15, 0.2) is 5.79 Å². The number of fused-ring (bicyclic) bond motifs is 1. The van der Waals surface area contributed by atoms with Crippen molar-refractivity contribution in [2.24, 2.45) is 5.92 Å². The Kier molecular flexibility index (Phi) is 9.53. The average molecular weight is 548 g/mol. The van der Waals surface area contributed by atoms with Crippen molar-refractivity contribution in [2.75, 3.05) is 24.9 Å². The van der Waals surface area contributed by atoms with Crippen molar-refractivity contribution in [3.8, 4) is 10.6 Å². The van der Waals surface area contributed by atoms with Crippen molar-refractivity contribution < 1.29 is 9.47 Å². The molecule has 208 valence electrons. The minimum Gasteiger partial charge on any atom is -0.367 e. The minimum atomic E-state index is -0.417. The molecule has 5 rings (SSSR count). The highest BCUT2D eigenvalue weighted by atomic mass is 32.1. The first-order chi connectivity index (χ1) is 18.7. The maximum atomic E-state index is 4.94. The van der Waals surface area contributed by atoms with Crippen LogP contribution < -0.4 is 10.6 Å². The fourth-order valence-corrected chi connectivity index (χ4v) is 5.67. The van der Waals surface area contributed by atoms with Gasteiger partial charge in [0.25, 0.3) is 0 Å². The fraction of sp³-hybridized carbons (Fsp3) is 0.452. The van der Waals surface area contributed by atoms with Crippen LogP contribution in [0.25, 0.3) is 20.8 Å². The number of hydrogen-bond acceptors (Lipinski definition) is 8. The Morgan fingerprint density at radius 3 is 2.38 bits per heavy atom. The molecule has 0 amide bonds. The van der Waals surface area contributed by atoms with E-state index in [1.54, 1.807) is 25.6 Å². The Balaban J connectivity index is 0.000000448. The molecule has 2 heterocycles. The van der Waals surface area contributed by atoms with Crippen LogP contribution in [0.4, 0.5) is 11.8 Å². The second-order valence-corrected chi connectivity index (χ2v) is 11.8. The standard InChI is InChI=1S/C26H29N5S.C5H12O2/c1-16-7-6-8-19(13-16)15-27-26-28-18(3)23(24(31-26)29-20-12-11-17(2)14-20)25-30-21-9-4-5-10-22(21)32-25;1-5(2,6-3)7-4/h4-10,13,17,20H,11-12,14-15H2,1-3H3,(H2,27,28,29,31);1-4H3. The van der Waals surface area contributed by atoms with Crippen molar-refractivity contribution in [1.29, 1.82) is 0 Å². The zero-order chi connectivity index (χ0) is 28.0. The summed E-state index contributed by atoms with van der Waals surface area (Å²) in [6, 6.07) is 17.2. The number of anilines is 2. The van der Waals surface area contributed by atoms with Crippen LogP contribution in [0.1, 0.15) is 56.9 Å². The summed E-state index contributed by atoms with van der Waals surface area (Å²) >= 11 is 1.70. The number of methoxy groups -OCH3 is 2. The van der Waals surface area contributed by atoms with E-state index in [0.717, 1.165) is 33.5 Å². The number of benzene rings is 2. The normalized spacial score (nSPS) is 17.1. The number of hydrogen-bond donors (Lipinski definition) is 2. The molecule has 39 heavy (non-hydrogen) atoms. The molecule has 2 aromatic carbocycles. The summed E-state index contributed by atoms with van der Waals surface area (Å²) in [5, 5.41) is 8.15. The van der Waals surface area contributed by atoms with E-state index < -0.39 is 5.79 Å². The van der Waals surface area contributed by atoms with Gasteiger partial charge in [0.1, 0.15) is 10.8 Å². The van der Waals surface area contributed by atoms with E-state index in [-0.39, 0.29) is 0 Å². The molecule has 0 spiro atoms. The van der Waals surface area contributed by atoms with Crippen LogP contribution in [-0.4, -0.2) is 41.0 Å². The monoisotopic (exact) mass is 547 g/mol. The minimum absolute atomic E-state index is 0.417. The average Bonchev–Trinajstić information content (AvgIpc) is 3.53. The lowest BCUT2D eigenvalue weighted by Gasteiger charge is -2.19. The molecule has 1 aliphatic carbocycles. The van der Waals surface area contributed by atoms with Crippen molar-refractivity contribution >= 4 is 33.3 Å². The molecule has 1 fully saturated rings. The van der Waals surface area contributed by atoms with Crippen LogP contribution in [0.15, 0.2) is 48.5 Å². The van der Waals surface area contributed by atoms with Crippen LogP contribution in [-0.2, 0) is 16.0 Å². The predicted octanol–water partition coefficient (Wildman–Crippen LogP) is 7.60. The van der Waals surface area contributed by atoms with Crippen LogP contribution >= 0.6 is 11.3 Å². The van der Waals surface area contributed by atoms with E-state index in [4.69, 9.17) is 24.4 Å². The smallest absolute Gasteiger partial charge is 0.225 e. The number of rotatable bonds is 8. The summed E-state index contributed by atoms with van der Waals surface area (Å²) in [6.45, 7) is 10.9. The molecule has 2 N–H and O–H groups in total. The lowest BCUT2D eigenvalue weighted by atomic mass is 10.1. The number of aryl methyl sites for hydroxylation is 2. The number of ether oxygens (including phenoxy) is 2. The van der Waals surface area contributed by atoms with Crippen molar-refractivity contribution in [2.45, 2.75) is 72.3 Å². The third-order valence-electron chi connectivity index (χ3n) is 7.15. The highest BCUT2D eigenvalue weighted by Gasteiger charge is 2.25. The molecule has 0 radical (unpaired) electrons. The Morgan fingerprint density at radius 2 is 1.74 bits per heavy atom. The SMILES string of the molecule is COC(C)(C)OC.Cc1cccc(CNc2nc(C)c(-c3nc4ccccc4s3)c(NC3CCC(C)C3)n2)c1. The van der Waals surface area contributed by atoms with E-state index >= 15 is 0 Å². The van der Waals surface area contributed by atoms with Crippen LogP contribution in [0.5, 0.6) is 0 Å². The number of nitrogens with zero attached hydrogens (tertiary/aromatic N) is 3. The van der Waals surface area contributed by atoms with Crippen molar-refractivity contribution in [3.05, 3.63) is 65.4 Å². The molecule has 8 heteroatoms. The van der Waals surface area contributed by atoms with Crippen LogP contribution in [0.3, 0.4) is 0 Å². The van der Waals surface area contributed by atoms with E-state index in [1.807, 2.05) is 19.9 Å². The van der Waals surface area contributed by atoms with Gasteiger partial charge in [-0.2, -0.15) is 4.98 Å². The first kappa shape index (κ1) is 28.9. The van der Waals surface area contributed by atoms with E-state index in [1.165, 1.54) is 35.1 Å². The second-order valence-electron chi connectivity index (χ2n) is 10.8. The van der Waals surface area contributed by atoms with Gasteiger partial charge in [-0.25, -0.2) is 9.97 Å². The summed E-state index contributed by atoms with van der Waals surface area (Å²) in [6.07, 6.45) is 3.61. The summed E-state index contributed by atoms with van der Waals surface area (Å²) in [4.78, 5) is 14.7. The molecular weight excluding hydrogens is 506 g/mol. The van der Waals surface area contributed by atoms with Gasteiger partial charge in [-0.1, -0.05) is 48.9 Å². The molecule has 2 unspecified atom stereocenters. The number of aromatic nitrogens is 3. The third-order valence-corrected chi connectivity index (χ3v) is 8.20. The molecule has 0 bridgehead atoms. The first-order valence-corrected chi connectivity index (χ1v) is 14.4. The van der Waals surface area contributed by atoms with Gasteiger partial charge in [0.05, 0.1) is 21.5 Å². The molecule has 1 saturated carbocycles. The molecule has 7 nitrogen and oxygen atoms in total. The van der Waals surface area contributed by atoms with Gasteiger partial charge in [0.2, 0.25) is 5.95 Å². The molecule has 4 aromatic rings. The quantitative estimate of drug-likeness (QED) is 0.220. The molecule has 2 atom stereocenters. The van der Waals surface area contributed by atoms with E-state index in [0.29, 0.717) is 18.5 Å². The van der Waals surface area contributed by atoms with E-state index in [2.05, 4.69) is 73.9 Å². The van der Waals surface area contributed by atoms with Crippen LogP contribution in [0.2, 0.25) is 0 Å². The largest absolute Gasteiger partial charge is 0.367 e. The summed E-state index contributed by atoms with van der Waals surface area (Å²) in [7, 11) is 3.23. The molecular formula is C31H41N5O2S. The predicted molar refractivity (Wildman–Crippen MR) is 162 cm³/mol. The zero-order valence-electron chi connectivity index (χ0n) is 24.2. The maximum absolute atomic E-state index is 4.94. The Bertz CT molecular complexity index is 1350. The lowest BCUT2D eigenvalue weighted by molar-refractivity contribution is -0.178. The topological polar surface area (TPSA) is 81.2 Å². The van der Waals surface area contributed by atoms with Gasteiger partial charge < -0.3 is 20.1 Å². The van der Waals surface area contributed by atoms with Crippen molar-refractivity contribution in [1.82, 2.24) is 15.0 Å².